The largest absolute Gasteiger partial charge is 0.352 e. The molecular formula is C22H31N3O. The summed E-state index contributed by atoms with van der Waals surface area (Å²) < 4.78 is 0. The molecule has 2 amide bonds. The van der Waals surface area contributed by atoms with Crippen molar-refractivity contribution < 1.29 is 4.79 Å². The summed E-state index contributed by atoms with van der Waals surface area (Å²) in [6.07, 6.45) is 0. The van der Waals surface area contributed by atoms with Gasteiger partial charge in [0, 0.05) is 18.5 Å². The Morgan fingerprint density at radius 1 is 1.00 bits per heavy atom. The number of amides is 2. The predicted molar refractivity (Wildman–Crippen MR) is 108 cm³/mol. The van der Waals surface area contributed by atoms with Crippen LogP contribution >= 0.6 is 0 Å². The van der Waals surface area contributed by atoms with Gasteiger partial charge in [-0.25, -0.2) is 4.79 Å². The van der Waals surface area contributed by atoms with Crippen LogP contribution in [0.1, 0.15) is 25.0 Å². The Balaban J connectivity index is 2.71. The van der Waals surface area contributed by atoms with Crippen LogP contribution in [0.4, 0.5) is 4.79 Å². The first kappa shape index (κ1) is 20.0. The van der Waals surface area contributed by atoms with Gasteiger partial charge in [0.05, 0.1) is 0 Å². The molecule has 0 saturated carbocycles. The third kappa shape index (κ3) is 4.44. The molecule has 0 fully saturated rings. The molecule has 0 spiro atoms. The van der Waals surface area contributed by atoms with E-state index < -0.39 is 6.03 Å². The third-order valence-corrected chi connectivity index (χ3v) is 5.12. The van der Waals surface area contributed by atoms with E-state index in [2.05, 4.69) is 86.7 Å². The van der Waals surface area contributed by atoms with Gasteiger partial charge in [0.15, 0.2) is 0 Å². The van der Waals surface area contributed by atoms with Crippen LogP contribution in [-0.2, 0) is 5.41 Å². The zero-order chi connectivity index (χ0) is 19.2. The van der Waals surface area contributed by atoms with Crippen molar-refractivity contribution in [3.05, 3.63) is 71.8 Å². The van der Waals surface area contributed by atoms with Crippen LogP contribution < -0.4 is 11.1 Å². The molecule has 0 aromatic heterocycles. The van der Waals surface area contributed by atoms with E-state index in [9.17, 15) is 4.79 Å². The van der Waals surface area contributed by atoms with E-state index in [1.165, 1.54) is 11.1 Å². The number of carbonyl (C=O) groups is 1. The van der Waals surface area contributed by atoms with Crippen LogP contribution in [0.15, 0.2) is 60.7 Å². The number of benzene rings is 2. The number of hydrogen-bond acceptors (Lipinski definition) is 2. The number of nitrogens with one attached hydrogen (secondary N) is 1. The summed E-state index contributed by atoms with van der Waals surface area (Å²) in [5.74, 6) is 0.696. The van der Waals surface area contributed by atoms with Crippen molar-refractivity contribution in [3.63, 3.8) is 0 Å². The lowest BCUT2D eigenvalue weighted by atomic mass is 9.62. The number of primary amides is 1. The van der Waals surface area contributed by atoms with Gasteiger partial charge in [-0.3, -0.25) is 0 Å². The molecule has 4 nitrogen and oxygen atoms in total. The molecule has 4 heteroatoms. The SMILES string of the molecule is CC(C)C(CN(C)C)C(CNC(N)=O)(c1ccccc1)c1ccccc1. The molecule has 0 aliphatic heterocycles. The van der Waals surface area contributed by atoms with Crippen molar-refractivity contribution in [1.29, 1.82) is 0 Å². The lowest BCUT2D eigenvalue weighted by Gasteiger charge is -2.45. The average Bonchev–Trinajstić information content (AvgIpc) is 2.62. The van der Waals surface area contributed by atoms with Crippen molar-refractivity contribution in [2.24, 2.45) is 17.6 Å². The highest BCUT2D eigenvalue weighted by Gasteiger charge is 2.43. The van der Waals surface area contributed by atoms with Crippen LogP contribution in [0.3, 0.4) is 0 Å². The lowest BCUT2D eigenvalue weighted by Crippen LogP contribution is -2.52. The molecule has 0 heterocycles. The number of nitrogens with two attached hydrogens (primary N) is 1. The molecular weight excluding hydrogens is 322 g/mol. The molecule has 0 aliphatic carbocycles. The molecule has 3 N–H and O–H groups in total. The Morgan fingerprint density at radius 2 is 1.46 bits per heavy atom. The fraction of sp³-hybridized carbons (Fsp3) is 0.409. The van der Waals surface area contributed by atoms with Gasteiger partial charge in [-0.05, 0) is 37.1 Å². The standard InChI is InChI=1S/C22H31N3O/c1-17(2)20(15-25(3)4)22(16-24-21(23)26,18-11-7-5-8-12-18)19-13-9-6-10-14-19/h5-14,17,20H,15-16H2,1-4H3,(H3,23,24,26). The summed E-state index contributed by atoms with van der Waals surface area (Å²) in [6.45, 7) is 5.87. The van der Waals surface area contributed by atoms with E-state index >= 15 is 0 Å². The van der Waals surface area contributed by atoms with Gasteiger partial charge < -0.3 is 16.0 Å². The maximum absolute atomic E-state index is 11.6. The second-order valence-corrected chi connectivity index (χ2v) is 7.53. The van der Waals surface area contributed by atoms with Gasteiger partial charge in [0.2, 0.25) is 0 Å². The Morgan fingerprint density at radius 3 is 1.81 bits per heavy atom. The fourth-order valence-corrected chi connectivity index (χ4v) is 3.96. The van der Waals surface area contributed by atoms with Crippen LogP contribution in [0, 0.1) is 11.8 Å². The summed E-state index contributed by atoms with van der Waals surface area (Å²) in [5.41, 5.74) is 7.50. The van der Waals surface area contributed by atoms with Crippen molar-refractivity contribution in [2.45, 2.75) is 19.3 Å². The second kappa shape index (κ2) is 8.86. The molecule has 0 radical (unpaired) electrons. The van der Waals surface area contributed by atoms with Crippen LogP contribution in [-0.4, -0.2) is 38.1 Å². The topological polar surface area (TPSA) is 58.4 Å². The highest BCUT2D eigenvalue weighted by Crippen LogP contribution is 2.42. The molecule has 26 heavy (non-hydrogen) atoms. The maximum atomic E-state index is 11.6. The average molecular weight is 354 g/mol. The highest BCUT2D eigenvalue weighted by molar-refractivity contribution is 5.72. The Hall–Kier alpha value is -2.33. The van der Waals surface area contributed by atoms with E-state index in [1.807, 2.05) is 12.1 Å². The number of carbonyl (C=O) groups excluding carboxylic acids is 1. The molecule has 2 aromatic carbocycles. The van der Waals surface area contributed by atoms with Gasteiger partial charge in [0.25, 0.3) is 0 Å². The summed E-state index contributed by atoms with van der Waals surface area (Å²) in [4.78, 5) is 13.8. The Labute approximate surface area is 157 Å². The summed E-state index contributed by atoms with van der Waals surface area (Å²) in [7, 11) is 4.19. The van der Waals surface area contributed by atoms with Crippen LogP contribution in [0.5, 0.6) is 0 Å². The van der Waals surface area contributed by atoms with E-state index in [1.54, 1.807) is 0 Å². The van der Waals surface area contributed by atoms with E-state index in [-0.39, 0.29) is 11.3 Å². The smallest absolute Gasteiger partial charge is 0.312 e. The highest BCUT2D eigenvalue weighted by atomic mass is 16.2. The number of urea groups is 1. The predicted octanol–water partition coefficient (Wildman–Crippen LogP) is 3.47. The Kier molecular flexibility index (Phi) is 6.81. The first-order chi connectivity index (χ1) is 12.4. The molecule has 0 aliphatic rings. The second-order valence-electron chi connectivity index (χ2n) is 7.53. The normalized spacial score (nSPS) is 13.0. The zero-order valence-corrected chi connectivity index (χ0v) is 16.3. The minimum absolute atomic E-state index is 0.286. The molecule has 1 atom stereocenters. The van der Waals surface area contributed by atoms with Crippen LogP contribution in [0.25, 0.3) is 0 Å². The number of rotatable bonds is 8. The zero-order valence-electron chi connectivity index (χ0n) is 16.3. The van der Waals surface area contributed by atoms with Gasteiger partial charge in [0.1, 0.15) is 0 Å². The first-order valence-corrected chi connectivity index (χ1v) is 9.17. The third-order valence-electron chi connectivity index (χ3n) is 5.12. The van der Waals surface area contributed by atoms with E-state index in [0.29, 0.717) is 12.5 Å². The van der Waals surface area contributed by atoms with Gasteiger partial charge in [-0.2, -0.15) is 0 Å². The van der Waals surface area contributed by atoms with Gasteiger partial charge in [-0.15, -0.1) is 0 Å². The molecule has 140 valence electrons. The van der Waals surface area contributed by atoms with Crippen molar-refractivity contribution in [2.75, 3.05) is 27.2 Å². The van der Waals surface area contributed by atoms with E-state index in [0.717, 1.165) is 6.54 Å². The minimum Gasteiger partial charge on any atom is -0.352 e. The molecule has 1 unspecified atom stereocenters. The summed E-state index contributed by atoms with van der Waals surface area (Å²) >= 11 is 0. The number of hydrogen-bond donors (Lipinski definition) is 2. The number of nitrogens with zero attached hydrogens (tertiary/aromatic N) is 1. The monoisotopic (exact) mass is 353 g/mol. The van der Waals surface area contributed by atoms with Crippen molar-refractivity contribution in [3.8, 4) is 0 Å². The fourth-order valence-electron chi connectivity index (χ4n) is 3.96. The van der Waals surface area contributed by atoms with Crippen molar-refractivity contribution in [1.82, 2.24) is 10.2 Å². The van der Waals surface area contributed by atoms with E-state index in [4.69, 9.17) is 5.73 Å². The van der Waals surface area contributed by atoms with Crippen molar-refractivity contribution >= 4 is 6.03 Å². The summed E-state index contributed by atoms with van der Waals surface area (Å²) in [6, 6.07) is 20.4. The van der Waals surface area contributed by atoms with Gasteiger partial charge >= 0.3 is 6.03 Å². The molecule has 2 aromatic rings. The lowest BCUT2D eigenvalue weighted by molar-refractivity contribution is 0.178. The minimum atomic E-state index is -0.492. The summed E-state index contributed by atoms with van der Waals surface area (Å²) in [5, 5.41) is 2.91. The van der Waals surface area contributed by atoms with Crippen LogP contribution in [0.2, 0.25) is 0 Å². The Bertz CT molecular complexity index is 644. The quantitative estimate of drug-likeness (QED) is 0.763. The van der Waals surface area contributed by atoms with Gasteiger partial charge in [-0.1, -0.05) is 74.5 Å². The molecule has 0 saturated heterocycles. The maximum Gasteiger partial charge on any atom is 0.312 e. The molecule has 2 rings (SSSR count). The molecule has 0 bridgehead atoms. The first-order valence-electron chi connectivity index (χ1n) is 9.17.